The fourth-order valence-corrected chi connectivity index (χ4v) is 0. The minimum atomic E-state index is -1.75. The molecule has 10 heteroatoms. The van der Waals surface area contributed by atoms with Crippen LogP contribution in [0, 0.1) is 30.6 Å². The molecule has 0 aliphatic rings. The van der Waals surface area contributed by atoms with Crippen molar-refractivity contribution in [3.05, 3.63) is 30.6 Å². The first-order valence-electron chi connectivity index (χ1n) is 1.10. The molecule has 0 aromatic heterocycles. The zero-order valence-corrected chi connectivity index (χ0v) is 9.25. The number of hydrogen-bond donors (Lipinski definition) is 0. The van der Waals surface area contributed by atoms with Gasteiger partial charge in [0.15, 0.2) is 0 Å². The molecule has 0 amide bonds. The summed E-state index contributed by atoms with van der Waals surface area (Å²) in [5.74, 6) is 0. The van der Waals surface area contributed by atoms with Gasteiger partial charge in [0, 0.05) is 0 Å². The van der Waals surface area contributed by atoms with Gasteiger partial charge in [-0.3, -0.25) is 0 Å². The summed E-state index contributed by atoms with van der Waals surface area (Å²) in [4.78, 5) is 16.5. The van der Waals surface area contributed by atoms with Crippen LogP contribution in [0.5, 0.6) is 0 Å². The Bertz CT molecular complexity index is 73.7. The smallest absolute Gasteiger partial charge is 0.356 e. The third kappa shape index (κ3) is 880. The van der Waals surface area contributed by atoms with E-state index in [-0.39, 0.29) is 73.8 Å². The van der Waals surface area contributed by atoms with E-state index >= 15 is 0 Å². The molecule has 0 saturated heterocycles. The molecule has 0 unspecified atom stereocenters. The molecule has 8 nitrogen and oxygen atoms in total. The molecule has 0 aromatic rings. The van der Waals surface area contributed by atoms with Crippen molar-refractivity contribution in [2.45, 2.75) is 0 Å². The minimum Gasteiger partial charge on any atom is -0.356 e. The normalized spacial score (nSPS) is 4.80. The largest absolute Gasteiger partial charge is 1.00 e. The molecule has 0 rings (SSSR count). The summed E-state index contributed by atoms with van der Waals surface area (Å²) in [5.41, 5.74) is 0. The van der Waals surface area contributed by atoms with E-state index in [2.05, 4.69) is 0 Å². The Kier molecular flexibility index (Phi) is 36.8. The number of rotatable bonds is 0. The second kappa shape index (κ2) is 16.4. The fourth-order valence-electron chi connectivity index (χ4n) is 0. The summed E-state index contributed by atoms with van der Waals surface area (Å²) < 4.78 is 0. The Labute approximate surface area is 113 Å². The van der Waals surface area contributed by atoms with Crippen LogP contribution >= 0.6 is 0 Å². The Morgan fingerprint density at radius 3 is 0.800 bits per heavy atom. The van der Waals surface area contributed by atoms with Crippen LogP contribution in [-0.4, -0.2) is 10.2 Å². The zero-order valence-electron chi connectivity index (χ0n) is 4.65. The Morgan fingerprint density at radius 2 is 0.800 bits per heavy atom. The van der Waals surface area contributed by atoms with Gasteiger partial charge in [0.1, 0.15) is 0 Å². The van der Waals surface area contributed by atoms with Crippen LogP contribution in [0.1, 0.15) is 0 Å². The molecular weight excluding hydrogens is 271 g/mol. The molecular formula is AgKN2O6. The van der Waals surface area contributed by atoms with Crippen LogP contribution < -0.4 is 51.4 Å². The van der Waals surface area contributed by atoms with Gasteiger partial charge in [-0.1, -0.05) is 0 Å². The summed E-state index contributed by atoms with van der Waals surface area (Å²) in [6.07, 6.45) is 0. The maximum absolute atomic E-state index is 8.25. The van der Waals surface area contributed by atoms with Gasteiger partial charge in [-0.05, 0) is 0 Å². The first kappa shape index (κ1) is 22.4. The maximum Gasteiger partial charge on any atom is 1.00 e. The van der Waals surface area contributed by atoms with Crippen LogP contribution in [0.25, 0.3) is 0 Å². The Morgan fingerprint density at radius 1 is 0.800 bits per heavy atom. The van der Waals surface area contributed by atoms with Crippen LogP contribution in [0.3, 0.4) is 0 Å². The summed E-state index contributed by atoms with van der Waals surface area (Å²) in [6, 6.07) is 0. The van der Waals surface area contributed by atoms with E-state index in [4.69, 9.17) is 30.6 Å². The molecule has 0 saturated carbocycles. The summed E-state index contributed by atoms with van der Waals surface area (Å²) in [6.45, 7) is 0. The van der Waals surface area contributed by atoms with Crippen molar-refractivity contribution in [3.63, 3.8) is 0 Å². The van der Waals surface area contributed by atoms with Gasteiger partial charge in [0.2, 0.25) is 0 Å². The molecule has 0 N–H and O–H groups in total. The van der Waals surface area contributed by atoms with Crippen LogP contribution in [0.2, 0.25) is 0 Å². The molecule has 0 radical (unpaired) electrons. The van der Waals surface area contributed by atoms with E-state index in [1.165, 1.54) is 0 Å². The van der Waals surface area contributed by atoms with Crippen molar-refractivity contribution >= 4 is 0 Å². The molecule has 0 bridgehead atoms. The van der Waals surface area contributed by atoms with Crippen LogP contribution in [-0.2, 0) is 22.4 Å². The SMILES string of the molecule is O=[N+]([O-])[O-].O=[N+]([O-])[O-].[Ag+].[K+]. The van der Waals surface area contributed by atoms with E-state index in [9.17, 15) is 0 Å². The average Bonchev–Trinajstić information content (AvgIpc) is 1.25. The van der Waals surface area contributed by atoms with Gasteiger partial charge < -0.3 is 30.6 Å². The first-order chi connectivity index (χ1) is 3.46. The van der Waals surface area contributed by atoms with Crippen molar-refractivity contribution in [3.8, 4) is 0 Å². The molecule has 0 atom stereocenters. The quantitative estimate of drug-likeness (QED) is 0.255. The number of nitrogens with zero attached hydrogens (tertiary/aromatic N) is 2. The molecule has 0 heterocycles. The second-order valence-corrected chi connectivity index (χ2v) is 0.447. The second-order valence-electron chi connectivity index (χ2n) is 0.447. The minimum absolute atomic E-state index is 0. The third-order valence-electron chi connectivity index (χ3n) is 0. The van der Waals surface area contributed by atoms with Crippen molar-refractivity contribution in [1.82, 2.24) is 0 Å². The molecule has 58 valence electrons. The average molecular weight is 271 g/mol. The van der Waals surface area contributed by atoms with E-state index in [1.807, 2.05) is 0 Å². The zero-order chi connectivity index (χ0) is 7.15. The van der Waals surface area contributed by atoms with E-state index in [1.54, 1.807) is 0 Å². The van der Waals surface area contributed by atoms with Gasteiger partial charge in [0.25, 0.3) is 0 Å². The molecule has 0 aliphatic heterocycles. The van der Waals surface area contributed by atoms with Crippen molar-refractivity contribution in [2.75, 3.05) is 0 Å². The van der Waals surface area contributed by atoms with Gasteiger partial charge >= 0.3 is 73.8 Å². The van der Waals surface area contributed by atoms with Gasteiger partial charge in [-0.15, -0.1) is 0 Å². The molecule has 0 spiro atoms. The topological polar surface area (TPSA) is 132 Å². The Balaban J connectivity index is -0.0000000300. The Hall–Kier alpha value is 0.777. The van der Waals surface area contributed by atoms with E-state index in [0.717, 1.165) is 0 Å². The summed E-state index contributed by atoms with van der Waals surface area (Å²) in [5, 5.41) is 29.5. The van der Waals surface area contributed by atoms with E-state index < -0.39 is 10.2 Å². The summed E-state index contributed by atoms with van der Waals surface area (Å²) >= 11 is 0. The van der Waals surface area contributed by atoms with Crippen LogP contribution in [0.15, 0.2) is 0 Å². The molecule has 10 heavy (non-hydrogen) atoms. The van der Waals surface area contributed by atoms with Gasteiger partial charge in [-0.25, -0.2) is 0 Å². The number of hydrogen-bond acceptors (Lipinski definition) is 6. The van der Waals surface area contributed by atoms with Crippen molar-refractivity contribution < 1.29 is 83.9 Å². The van der Waals surface area contributed by atoms with Gasteiger partial charge in [-0.2, -0.15) is 0 Å². The summed E-state index contributed by atoms with van der Waals surface area (Å²) in [7, 11) is 0. The fraction of sp³-hybridized carbons (Fsp3) is 0. The van der Waals surface area contributed by atoms with Crippen LogP contribution in [0.4, 0.5) is 0 Å². The standard InChI is InChI=1S/Ag.K.2NO3/c;;2*2-1(3)4/q2*+1;2*-1. The maximum atomic E-state index is 8.25. The molecule has 0 aromatic carbocycles. The monoisotopic (exact) mass is 270 g/mol. The predicted molar refractivity (Wildman–Crippen MR) is 20.7 cm³/mol. The predicted octanol–water partition coefficient (Wildman–Crippen LogP) is -3.48. The van der Waals surface area contributed by atoms with Crippen molar-refractivity contribution in [1.29, 1.82) is 0 Å². The molecule has 0 fully saturated rings. The van der Waals surface area contributed by atoms with Gasteiger partial charge in [0.05, 0.1) is 10.2 Å². The third-order valence-corrected chi connectivity index (χ3v) is 0. The van der Waals surface area contributed by atoms with Crippen molar-refractivity contribution in [2.24, 2.45) is 0 Å². The van der Waals surface area contributed by atoms with E-state index in [0.29, 0.717) is 0 Å². The first-order valence-corrected chi connectivity index (χ1v) is 1.10. The molecule has 0 aliphatic carbocycles.